The van der Waals surface area contributed by atoms with E-state index in [9.17, 15) is 9.90 Å². The van der Waals surface area contributed by atoms with Gasteiger partial charge in [0.25, 0.3) is 0 Å². The first kappa shape index (κ1) is 16.9. The number of hydrogen-bond donors (Lipinski definition) is 2. The molecular weight excluding hydrogens is 290 g/mol. The predicted molar refractivity (Wildman–Crippen MR) is 92.1 cm³/mol. The Balaban J connectivity index is 1.88. The summed E-state index contributed by atoms with van der Waals surface area (Å²) in [6.45, 7) is 6.34. The van der Waals surface area contributed by atoms with Gasteiger partial charge in [-0.25, -0.2) is 0 Å². The number of amides is 1. The quantitative estimate of drug-likeness (QED) is 0.793. The summed E-state index contributed by atoms with van der Waals surface area (Å²) in [7, 11) is 0. The second kappa shape index (κ2) is 7.68. The highest BCUT2D eigenvalue weighted by Gasteiger charge is 2.08. The van der Waals surface area contributed by atoms with Crippen LogP contribution in [0.3, 0.4) is 0 Å². The van der Waals surface area contributed by atoms with E-state index in [1.165, 1.54) is 5.56 Å². The molecule has 2 aromatic carbocycles. The molecule has 4 nitrogen and oxygen atoms in total. The standard InChI is InChI=1S/C19H23NO3/c1-4-15-12-16(21)6-7-17(15)20-19(22)9-10-23-18-8-5-13(2)11-14(18)3/h5-8,11-12,21H,4,9-10H2,1-3H3,(H,20,22). The predicted octanol–water partition coefficient (Wildman–Crippen LogP) is 3.98. The van der Waals surface area contributed by atoms with Crippen molar-refractivity contribution in [3.8, 4) is 11.5 Å². The highest BCUT2D eigenvalue weighted by atomic mass is 16.5. The lowest BCUT2D eigenvalue weighted by Gasteiger charge is -2.12. The van der Waals surface area contributed by atoms with Gasteiger partial charge in [-0.2, -0.15) is 0 Å². The summed E-state index contributed by atoms with van der Waals surface area (Å²) < 4.78 is 5.67. The SMILES string of the molecule is CCc1cc(O)ccc1NC(=O)CCOc1ccc(C)cc1C. The number of phenolic OH excluding ortho intramolecular Hbond substituents is 1. The first-order valence-electron chi connectivity index (χ1n) is 7.81. The highest BCUT2D eigenvalue weighted by Crippen LogP contribution is 2.22. The van der Waals surface area contributed by atoms with E-state index >= 15 is 0 Å². The molecule has 2 rings (SSSR count). The molecule has 0 aromatic heterocycles. The lowest BCUT2D eigenvalue weighted by Crippen LogP contribution is -2.16. The van der Waals surface area contributed by atoms with E-state index in [0.29, 0.717) is 6.61 Å². The first-order chi connectivity index (χ1) is 11.0. The number of aryl methyl sites for hydroxylation is 3. The number of ether oxygens (including phenoxy) is 1. The van der Waals surface area contributed by atoms with Crippen LogP contribution in [0.4, 0.5) is 5.69 Å². The van der Waals surface area contributed by atoms with E-state index in [0.717, 1.165) is 29.0 Å². The summed E-state index contributed by atoms with van der Waals surface area (Å²) >= 11 is 0. The molecule has 0 aliphatic carbocycles. The topological polar surface area (TPSA) is 58.6 Å². The average molecular weight is 313 g/mol. The summed E-state index contributed by atoms with van der Waals surface area (Å²) in [5.74, 6) is 0.912. The molecule has 0 aliphatic heterocycles. The lowest BCUT2D eigenvalue weighted by molar-refractivity contribution is -0.116. The van der Waals surface area contributed by atoms with Crippen molar-refractivity contribution in [3.63, 3.8) is 0 Å². The highest BCUT2D eigenvalue weighted by molar-refractivity contribution is 5.91. The molecule has 2 aromatic rings. The maximum atomic E-state index is 12.0. The zero-order valence-corrected chi connectivity index (χ0v) is 13.8. The van der Waals surface area contributed by atoms with Gasteiger partial charge in [-0.3, -0.25) is 4.79 Å². The second-order valence-electron chi connectivity index (χ2n) is 5.61. The molecule has 0 bridgehead atoms. The summed E-state index contributed by atoms with van der Waals surface area (Å²) in [6.07, 6.45) is 1.01. The molecule has 0 atom stereocenters. The van der Waals surface area contributed by atoms with Gasteiger partial charge in [-0.1, -0.05) is 24.6 Å². The minimum absolute atomic E-state index is 0.102. The Morgan fingerprint density at radius 3 is 2.65 bits per heavy atom. The normalized spacial score (nSPS) is 10.4. The summed E-state index contributed by atoms with van der Waals surface area (Å²) in [5.41, 5.74) is 3.90. The summed E-state index contributed by atoms with van der Waals surface area (Å²) in [4.78, 5) is 12.0. The van der Waals surface area contributed by atoms with Crippen LogP contribution >= 0.6 is 0 Å². The smallest absolute Gasteiger partial charge is 0.227 e. The zero-order valence-electron chi connectivity index (χ0n) is 13.8. The van der Waals surface area contributed by atoms with E-state index in [4.69, 9.17) is 4.74 Å². The van der Waals surface area contributed by atoms with Crippen LogP contribution in [0.2, 0.25) is 0 Å². The number of carbonyl (C=O) groups excluding carboxylic acids is 1. The molecule has 0 fully saturated rings. The number of benzene rings is 2. The van der Waals surface area contributed by atoms with Crippen LogP contribution in [0.15, 0.2) is 36.4 Å². The average Bonchev–Trinajstić information content (AvgIpc) is 2.51. The van der Waals surface area contributed by atoms with Crippen LogP contribution in [0, 0.1) is 13.8 Å². The van der Waals surface area contributed by atoms with Crippen LogP contribution in [-0.2, 0) is 11.2 Å². The van der Waals surface area contributed by atoms with Gasteiger partial charge in [0.2, 0.25) is 5.91 Å². The number of nitrogens with one attached hydrogen (secondary N) is 1. The molecule has 0 heterocycles. The number of hydrogen-bond acceptors (Lipinski definition) is 3. The first-order valence-corrected chi connectivity index (χ1v) is 7.81. The summed E-state index contributed by atoms with van der Waals surface area (Å²) in [5, 5.41) is 12.4. The number of rotatable bonds is 6. The van der Waals surface area contributed by atoms with Crippen molar-refractivity contribution in [2.45, 2.75) is 33.6 Å². The third kappa shape index (κ3) is 4.74. The molecule has 23 heavy (non-hydrogen) atoms. The van der Waals surface area contributed by atoms with Gasteiger partial charge < -0.3 is 15.2 Å². The maximum absolute atomic E-state index is 12.0. The molecule has 0 aliphatic rings. The van der Waals surface area contributed by atoms with Gasteiger partial charge in [0.1, 0.15) is 11.5 Å². The van der Waals surface area contributed by atoms with Gasteiger partial charge in [0, 0.05) is 5.69 Å². The van der Waals surface area contributed by atoms with Crippen LogP contribution in [0.5, 0.6) is 11.5 Å². The number of carbonyl (C=O) groups is 1. The Labute approximate surface area is 137 Å². The molecule has 0 saturated heterocycles. The fourth-order valence-corrected chi connectivity index (χ4v) is 2.42. The Bertz CT molecular complexity index is 695. The van der Waals surface area contributed by atoms with Gasteiger partial charge in [0.05, 0.1) is 13.0 Å². The molecule has 0 unspecified atom stereocenters. The van der Waals surface area contributed by atoms with Crippen LogP contribution in [-0.4, -0.2) is 17.6 Å². The van der Waals surface area contributed by atoms with E-state index in [1.807, 2.05) is 32.9 Å². The maximum Gasteiger partial charge on any atom is 0.227 e. The molecular formula is C19H23NO3. The molecule has 4 heteroatoms. The second-order valence-corrected chi connectivity index (χ2v) is 5.61. The van der Waals surface area contributed by atoms with E-state index < -0.39 is 0 Å². The van der Waals surface area contributed by atoms with Gasteiger partial charge >= 0.3 is 0 Å². The van der Waals surface area contributed by atoms with Crippen LogP contribution in [0.1, 0.15) is 30.0 Å². The van der Waals surface area contributed by atoms with Gasteiger partial charge in [-0.05, 0) is 55.7 Å². The minimum atomic E-state index is -0.102. The minimum Gasteiger partial charge on any atom is -0.508 e. The van der Waals surface area contributed by atoms with Crippen molar-refractivity contribution in [1.29, 1.82) is 0 Å². The van der Waals surface area contributed by atoms with Crippen molar-refractivity contribution in [3.05, 3.63) is 53.1 Å². The van der Waals surface area contributed by atoms with Crippen molar-refractivity contribution in [2.75, 3.05) is 11.9 Å². The number of aromatic hydroxyl groups is 1. The van der Waals surface area contributed by atoms with Crippen LogP contribution < -0.4 is 10.1 Å². The van der Waals surface area contributed by atoms with Crippen molar-refractivity contribution in [1.82, 2.24) is 0 Å². The lowest BCUT2D eigenvalue weighted by atomic mass is 10.1. The van der Waals surface area contributed by atoms with E-state index in [1.54, 1.807) is 18.2 Å². The van der Waals surface area contributed by atoms with Gasteiger partial charge in [-0.15, -0.1) is 0 Å². The molecule has 122 valence electrons. The Kier molecular flexibility index (Phi) is 5.63. The van der Waals surface area contributed by atoms with Crippen molar-refractivity contribution >= 4 is 11.6 Å². The molecule has 0 spiro atoms. The fraction of sp³-hybridized carbons (Fsp3) is 0.316. The van der Waals surface area contributed by atoms with E-state index in [2.05, 4.69) is 11.4 Å². The number of phenols is 1. The molecule has 1 amide bonds. The molecule has 2 N–H and O–H groups in total. The molecule has 0 radical (unpaired) electrons. The Hall–Kier alpha value is -2.49. The monoisotopic (exact) mass is 313 g/mol. The van der Waals surface area contributed by atoms with Gasteiger partial charge in [0.15, 0.2) is 0 Å². The summed E-state index contributed by atoms with van der Waals surface area (Å²) in [6, 6.07) is 10.9. The zero-order chi connectivity index (χ0) is 16.8. The third-order valence-corrected chi connectivity index (χ3v) is 3.66. The third-order valence-electron chi connectivity index (χ3n) is 3.66. The largest absolute Gasteiger partial charge is 0.508 e. The Morgan fingerprint density at radius 2 is 1.96 bits per heavy atom. The van der Waals surface area contributed by atoms with E-state index in [-0.39, 0.29) is 18.1 Å². The fourth-order valence-electron chi connectivity index (χ4n) is 2.42. The van der Waals surface area contributed by atoms with Crippen LogP contribution in [0.25, 0.3) is 0 Å². The van der Waals surface area contributed by atoms with Crippen molar-refractivity contribution < 1.29 is 14.6 Å². The van der Waals surface area contributed by atoms with Crippen molar-refractivity contribution in [2.24, 2.45) is 0 Å². The number of anilines is 1. The molecule has 0 saturated carbocycles. The Morgan fingerprint density at radius 1 is 1.17 bits per heavy atom.